The average Bonchev–Trinajstić information content (AvgIpc) is 2.55. The molecule has 0 radical (unpaired) electrons. The number of nitrogens with zero attached hydrogens (tertiary/aromatic N) is 1. The molecule has 3 aromatic rings. The van der Waals surface area contributed by atoms with Gasteiger partial charge in [0.15, 0.2) is 0 Å². The van der Waals surface area contributed by atoms with E-state index < -0.39 is 0 Å². The molecule has 0 fully saturated rings. The molecule has 0 atom stereocenters. The Bertz CT molecular complexity index is 758. The van der Waals surface area contributed by atoms with Gasteiger partial charge in [-0.25, -0.2) is 0 Å². The van der Waals surface area contributed by atoms with Gasteiger partial charge in [-0.1, -0.05) is 72.8 Å². The van der Waals surface area contributed by atoms with Gasteiger partial charge in [-0.15, -0.1) is 0 Å². The van der Waals surface area contributed by atoms with Crippen molar-refractivity contribution >= 4 is 11.9 Å². The summed E-state index contributed by atoms with van der Waals surface area (Å²) in [4.78, 5) is 4.64. The molecule has 21 heavy (non-hydrogen) atoms. The predicted octanol–water partition coefficient (Wildman–Crippen LogP) is 5.41. The van der Waals surface area contributed by atoms with Crippen LogP contribution in [0.15, 0.2) is 83.9 Å². The van der Waals surface area contributed by atoms with E-state index in [1.165, 1.54) is 16.7 Å². The number of hydrogen-bond donors (Lipinski definition) is 0. The lowest BCUT2D eigenvalue weighted by Gasteiger charge is -2.06. The fourth-order valence-electron chi connectivity index (χ4n) is 2.34. The summed E-state index contributed by atoms with van der Waals surface area (Å²) in [6.07, 6.45) is 1.95. The average molecular weight is 271 g/mol. The van der Waals surface area contributed by atoms with Crippen molar-refractivity contribution in [2.75, 3.05) is 0 Å². The Hall–Kier alpha value is -2.67. The SMILES string of the molecule is Cc1ccccc1N=Cc1ccccc1-c1ccccc1. The molecule has 3 rings (SSSR count). The summed E-state index contributed by atoms with van der Waals surface area (Å²) in [6.45, 7) is 2.08. The Morgan fingerprint density at radius 2 is 1.38 bits per heavy atom. The monoisotopic (exact) mass is 271 g/mol. The van der Waals surface area contributed by atoms with Gasteiger partial charge in [-0.05, 0) is 29.7 Å². The summed E-state index contributed by atoms with van der Waals surface area (Å²) in [5, 5.41) is 0. The maximum atomic E-state index is 4.64. The summed E-state index contributed by atoms with van der Waals surface area (Å²) < 4.78 is 0. The number of hydrogen-bond acceptors (Lipinski definition) is 1. The molecule has 0 saturated heterocycles. The third-order valence-electron chi connectivity index (χ3n) is 3.50. The fourth-order valence-corrected chi connectivity index (χ4v) is 2.34. The van der Waals surface area contributed by atoms with Crippen LogP contribution >= 0.6 is 0 Å². The Kier molecular flexibility index (Phi) is 3.92. The highest BCUT2D eigenvalue weighted by molar-refractivity contribution is 5.91. The van der Waals surface area contributed by atoms with Crippen molar-refractivity contribution in [3.05, 3.63) is 90.0 Å². The van der Waals surface area contributed by atoms with Crippen LogP contribution < -0.4 is 0 Å². The lowest BCUT2D eigenvalue weighted by molar-refractivity contribution is 1.40. The number of aryl methyl sites for hydroxylation is 1. The van der Waals surface area contributed by atoms with Crippen molar-refractivity contribution < 1.29 is 0 Å². The first kappa shape index (κ1) is 13.3. The minimum absolute atomic E-state index is 1.01. The zero-order chi connectivity index (χ0) is 14.5. The van der Waals surface area contributed by atoms with Crippen LogP contribution in [0.5, 0.6) is 0 Å². The molecule has 1 nitrogen and oxygen atoms in total. The first-order valence-electron chi connectivity index (χ1n) is 7.09. The van der Waals surface area contributed by atoms with Crippen molar-refractivity contribution in [2.45, 2.75) is 6.92 Å². The molecule has 0 aliphatic carbocycles. The van der Waals surface area contributed by atoms with Crippen LogP contribution in [-0.2, 0) is 0 Å². The summed E-state index contributed by atoms with van der Waals surface area (Å²) >= 11 is 0. The van der Waals surface area contributed by atoms with Gasteiger partial charge in [0.2, 0.25) is 0 Å². The summed E-state index contributed by atoms with van der Waals surface area (Å²) in [6, 6.07) is 26.9. The molecule has 0 heterocycles. The first-order chi connectivity index (χ1) is 10.3. The Morgan fingerprint density at radius 3 is 2.19 bits per heavy atom. The Morgan fingerprint density at radius 1 is 0.714 bits per heavy atom. The van der Waals surface area contributed by atoms with E-state index in [-0.39, 0.29) is 0 Å². The van der Waals surface area contributed by atoms with E-state index in [9.17, 15) is 0 Å². The largest absolute Gasteiger partial charge is 0.256 e. The van der Waals surface area contributed by atoms with Gasteiger partial charge in [0.1, 0.15) is 0 Å². The Balaban J connectivity index is 1.99. The molecule has 102 valence electrons. The second-order valence-electron chi connectivity index (χ2n) is 5.00. The van der Waals surface area contributed by atoms with Gasteiger partial charge >= 0.3 is 0 Å². The third-order valence-corrected chi connectivity index (χ3v) is 3.50. The van der Waals surface area contributed by atoms with E-state index in [2.05, 4.69) is 60.4 Å². The second kappa shape index (κ2) is 6.19. The number of rotatable bonds is 3. The molecular formula is C20H17N. The van der Waals surface area contributed by atoms with Crippen molar-refractivity contribution in [1.82, 2.24) is 0 Å². The minimum Gasteiger partial charge on any atom is -0.256 e. The Labute approximate surface area is 125 Å². The van der Waals surface area contributed by atoms with Gasteiger partial charge in [0, 0.05) is 11.8 Å². The predicted molar refractivity (Wildman–Crippen MR) is 90.3 cm³/mol. The lowest BCUT2D eigenvalue weighted by Crippen LogP contribution is -1.87. The smallest absolute Gasteiger partial charge is 0.0659 e. The minimum atomic E-state index is 1.01. The fraction of sp³-hybridized carbons (Fsp3) is 0.0500. The molecule has 0 unspecified atom stereocenters. The van der Waals surface area contributed by atoms with Gasteiger partial charge < -0.3 is 0 Å². The molecule has 0 bridgehead atoms. The number of benzene rings is 3. The molecule has 0 aliphatic heterocycles. The van der Waals surface area contributed by atoms with Crippen LogP contribution in [0.3, 0.4) is 0 Å². The standard InChI is InChI=1S/C20H17N/c1-16-9-5-8-14-20(16)21-15-18-12-6-7-13-19(18)17-10-3-2-4-11-17/h2-15H,1H3. The highest BCUT2D eigenvalue weighted by atomic mass is 14.7. The molecule has 0 saturated carbocycles. The third kappa shape index (κ3) is 3.09. The summed E-state index contributed by atoms with van der Waals surface area (Å²) in [5.74, 6) is 0. The zero-order valence-electron chi connectivity index (χ0n) is 12.0. The van der Waals surface area contributed by atoms with Crippen LogP contribution in [-0.4, -0.2) is 6.21 Å². The van der Waals surface area contributed by atoms with E-state index in [0.29, 0.717) is 0 Å². The lowest BCUT2D eigenvalue weighted by atomic mass is 10.0. The summed E-state index contributed by atoms with van der Waals surface area (Å²) in [5.41, 5.74) is 5.75. The molecule has 1 heteroatoms. The van der Waals surface area contributed by atoms with Crippen LogP contribution in [0.2, 0.25) is 0 Å². The summed E-state index contributed by atoms with van der Waals surface area (Å²) in [7, 11) is 0. The number of aliphatic imine (C=N–C) groups is 1. The topological polar surface area (TPSA) is 12.4 Å². The second-order valence-corrected chi connectivity index (χ2v) is 5.00. The first-order valence-corrected chi connectivity index (χ1v) is 7.09. The van der Waals surface area contributed by atoms with Crippen molar-refractivity contribution in [1.29, 1.82) is 0 Å². The van der Waals surface area contributed by atoms with Crippen molar-refractivity contribution in [3.63, 3.8) is 0 Å². The molecule has 0 amide bonds. The zero-order valence-corrected chi connectivity index (χ0v) is 12.0. The number of para-hydroxylation sites is 1. The van der Waals surface area contributed by atoms with Gasteiger partial charge in [-0.2, -0.15) is 0 Å². The normalized spacial score (nSPS) is 10.9. The van der Waals surface area contributed by atoms with Crippen molar-refractivity contribution in [3.8, 4) is 11.1 Å². The van der Waals surface area contributed by atoms with Crippen LogP contribution in [0.1, 0.15) is 11.1 Å². The van der Waals surface area contributed by atoms with Crippen LogP contribution in [0, 0.1) is 6.92 Å². The molecule has 3 aromatic carbocycles. The molecular weight excluding hydrogens is 254 g/mol. The van der Waals surface area contributed by atoms with E-state index in [1.807, 2.05) is 36.5 Å². The van der Waals surface area contributed by atoms with Gasteiger partial charge in [-0.3, -0.25) is 4.99 Å². The van der Waals surface area contributed by atoms with E-state index >= 15 is 0 Å². The van der Waals surface area contributed by atoms with Crippen LogP contribution in [0.25, 0.3) is 11.1 Å². The molecule has 0 N–H and O–H groups in total. The maximum Gasteiger partial charge on any atom is 0.0659 e. The quantitative estimate of drug-likeness (QED) is 0.564. The van der Waals surface area contributed by atoms with Crippen LogP contribution in [0.4, 0.5) is 5.69 Å². The van der Waals surface area contributed by atoms with E-state index in [0.717, 1.165) is 11.3 Å². The highest BCUT2D eigenvalue weighted by Gasteiger charge is 2.02. The van der Waals surface area contributed by atoms with E-state index in [4.69, 9.17) is 0 Å². The molecule has 0 aliphatic rings. The molecule has 0 spiro atoms. The van der Waals surface area contributed by atoms with Crippen molar-refractivity contribution in [2.24, 2.45) is 4.99 Å². The highest BCUT2D eigenvalue weighted by Crippen LogP contribution is 2.23. The van der Waals surface area contributed by atoms with Gasteiger partial charge in [0.25, 0.3) is 0 Å². The maximum absolute atomic E-state index is 4.64. The molecule has 0 aromatic heterocycles. The van der Waals surface area contributed by atoms with Gasteiger partial charge in [0.05, 0.1) is 5.69 Å². The van der Waals surface area contributed by atoms with E-state index in [1.54, 1.807) is 0 Å².